The number of ether oxygens (including phenoxy) is 1. The maximum Gasteiger partial charge on any atom is 0.0535 e. The Morgan fingerprint density at radius 2 is 2.06 bits per heavy atom. The second-order valence-electron chi connectivity index (χ2n) is 6.10. The van der Waals surface area contributed by atoms with E-state index in [1.54, 1.807) is 0 Å². The average Bonchev–Trinajstić information content (AvgIpc) is 2.84. The molecule has 2 nitrogen and oxygen atoms in total. The molecule has 0 bridgehead atoms. The van der Waals surface area contributed by atoms with Gasteiger partial charge in [0.05, 0.1) is 6.61 Å². The number of unbranched alkanes of at least 4 members (excludes halogenated alkanes) is 1. The summed E-state index contributed by atoms with van der Waals surface area (Å²) in [6, 6.07) is 0. The Morgan fingerprint density at radius 3 is 2.61 bits per heavy atom. The first-order valence-electron chi connectivity index (χ1n) is 8.04. The standard InChI is InChI=1S/C16H33NO/c1-4-7-8-15(6-3)12-16(9-11-18-14-16)13-17-10-5-2/h15,17H,4-14H2,1-3H3. The second-order valence-corrected chi connectivity index (χ2v) is 6.10. The molecule has 0 amide bonds. The molecule has 2 heteroatoms. The molecule has 0 aromatic carbocycles. The molecule has 0 radical (unpaired) electrons. The van der Waals surface area contributed by atoms with Crippen molar-refractivity contribution in [2.75, 3.05) is 26.3 Å². The van der Waals surface area contributed by atoms with Gasteiger partial charge >= 0.3 is 0 Å². The lowest BCUT2D eigenvalue weighted by Crippen LogP contribution is -2.37. The Labute approximate surface area is 114 Å². The lowest BCUT2D eigenvalue weighted by atomic mass is 9.76. The Morgan fingerprint density at radius 1 is 1.22 bits per heavy atom. The molecule has 108 valence electrons. The molecule has 1 N–H and O–H groups in total. The van der Waals surface area contributed by atoms with E-state index in [9.17, 15) is 0 Å². The topological polar surface area (TPSA) is 21.3 Å². The largest absolute Gasteiger partial charge is 0.381 e. The van der Waals surface area contributed by atoms with Gasteiger partial charge in [0.25, 0.3) is 0 Å². The molecule has 1 saturated heterocycles. The van der Waals surface area contributed by atoms with E-state index in [4.69, 9.17) is 4.74 Å². The highest BCUT2D eigenvalue weighted by molar-refractivity contribution is 4.87. The van der Waals surface area contributed by atoms with Crippen LogP contribution >= 0.6 is 0 Å². The zero-order valence-electron chi connectivity index (χ0n) is 12.8. The zero-order chi connectivity index (χ0) is 13.3. The van der Waals surface area contributed by atoms with E-state index in [2.05, 4.69) is 26.1 Å². The van der Waals surface area contributed by atoms with Crippen molar-refractivity contribution in [1.82, 2.24) is 5.32 Å². The Hall–Kier alpha value is -0.0800. The monoisotopic (exact) mass is 255 g/mol. The second kappa shape index (κ2) is 8.92. The van der Waals surface area contributed by atoms with Crippen LogP contribution in [0.25, 0.3) is 0 Å². The van der Waals surface area contributed by atoms with E-state index in [1.165, 1.54) is 44.9 Å². The molecule has 1 heterocycles. The van der Waals surface area contributed by atoms with E-state index in [0.29, 0.717) is 5.41 Å². The van der Waals surface area contributed by atoms with E-state index in [1.807, 2.05) is 0 Å². The van der Waals surface area contributed by atoms with Crippen LogP contribution in [0.2, 0.25) is 0 Å². The minimum atomic E-state index is 0.434. The molecule has 1 aliphatic heterocycles. The summed E-state index contributed by atoms with van der Waals surface area (Å²) in [5.41, 5.74) is 0.434. The molecular weight excluding hydrogens is 222 g/mol. The lowest BCUT2D eigenvalue weighted by Gasteiger charge is -2.32. The molecule has 2 unspecified atom stereocenters. The first kappa shape index (κ1) is 16.0. The van der Waals surface area contributed by atoms with Gasteiger partial charge in [-0.2, -0.15) is 0 Å². The maximum absolute atomic E-state index is 5.70. The van der Waals surface area contributed by atoms with E-state index in [-0.39, 0.29) is 0 Å². The summed E-state index contributed by atoms with van der Waals surface area (Å²) in [5.74, 6) is 0.898. The van der Waals surface area contributed by atoms with Gasteiger partial charge in [-0.25, -0.2) is 0 Å². The van der Waals surface area contributed by atoms with Crippen LogP contribution in [-0.4, -0.2) is 26.3 Å². The fraction of sp³-hybridized carbons (Fsp3) is 1.00. The molecule has 1 fully saturated rings. The van der Waals surface area contributed by atoms with E-state index < -0.39 is 0 Å². The third kappa shape index (κ3) is 5.27. The van der Waals surface area contributed by atoms with Crippen LogP contribution in [0.5, 0.6) is 0 Å². The minimum absolute atomic E-state index is 0.434. The summed E-state index contributed by atoms with van der Waals surface area (Å²) in [6.45, 7) is 11.1. The van der Waals surface area contributed by atoms with Gasteiger partial charge in [-0.05, 0) is 31.7 Å². The Bertz CT molecular complexity index is 199. The predicted octanol–water partition coefficient (Wildman–Crippen LogP) is 4.00. The SMILES string of the molecule is CCCCC(CC)CC1(CNCCC)CCOC1. The van der Waals surface area contributed by atoms with Crippen LogP contribution in [-0.2, 0) is 4.74 Å². The third-order valence-electron chi connectivity index (χ3n) is 4.38. The van der Waals surface area contributed by atoms with Crippen LogP contribution in [0.3, 0.4) is 0 Å². The molecule has 2 atom stereocenters. The number of hydrogen-bond acceptors (Lipinski definition) is 2. The fourth-order valence-corrected chi connectivity index (χ4v) is 3.11. The minimum Gasteiger partial charge on any atom is -0.381 e. The van der Waals surface area contributed by atoms with Gasteiger partial charge in [0.15, 0.2) is 0 Å². The van der Waals surface area contributed by atoms with Crippen molar-refractivity contribution < 1.29 is 4.74 Å². The fourth-order valence-electron chi connectivity index (χ4n) is 3.11. The average molecular weight is 255 g/mol. The molecule has 0 spiro atoms. The Kier molecular flexibility index (Phi) is 7.92. The normalized spacial score (nSPS) is 25.5. The highest BCUT2D eigenvalue weighted by Crippen LogP contribution is 2.37. The van der Waals surface area contributed by atoms with Crippen molar-refractivity contribution in [2.24, 2.45) is 11.3 Å². The lowest BCUT2D eigenvalue weighted by molar-refractivity contribution is 0.127. The molecule has 0 aliphatic carbocycles. The number of hydrogen-bond donors (Lipinski definition) is 1. The van der Waals surface area contributed by atoms with Gasteiger partial charge < -0.3 is 10.1 Å². The van der Waals surface area contributed by atoms with Gasteiger partial charge in [0.2, 0.25) is 0 Å². The summed E-state index contributed by atoms with van der Waals surface area (Å²) in [7, 11) is 0. The summed E-state index contributed by atoms with van der Waals surface area (Å²) in [6.07, 6.45) is 9.29. The van der Waals surface area contributed by atoms with Crippen LogP contribution in [0.1, 0.15) is 65.7 Å². The summed E-state index contributed by atoms with van der Waals surface area (Å²) in [4.78, 5) is 0. The van der Waals surface area contributed by atoms with Crippen molar-refractivity contribution in [3.8, 4) is 0 Å². The zero-order valence-corrected chi connectivity index (χ0v) is 12.8. The predicted molar refractivity (Wildman–Crippen MR) is 79.0 cm³/mol. The molecule has 0 saturated carbocycles. The van der Waals surface area contributed by atoms with Crippen molar-refractivity contribution in [3.63, 3.8) is 0 Å². The maximum atomic E-state index is 5.70. The van der Waals surface area contributed by atoms with Gasteiger partial charge in [-0.1, -0.05) is 46.5 Å². The molecule has 0 aromatic heterocycles. The van der Waals surface area contributed by atoms with Gasteiger partial charge in [0, 0.05) is 18.6 Å². The van der Waals surface area contributed by atoms with Crippen molar-refractivity contribution in [3.05, 3.63) is 0 Å². The summed E-state index contributed by atoms with van der Waals surface area (Å²) < 4.78 is 5.70. The molecule has 1 aliphatic rings. The molecule has 1 rings (SSSR count). The van der Waals surface area contributed by atoms with Gasteiger partial charge in [-0.3, -0.25) is 0 Å². The van der Waals surface area contributed by atoms with Crippen LogP contribution in [0.15, 0.2) is 0 Å². The van der Waals surface area contributed by atoms with E-state index in [0.717, 1.165) is 32.2 Å². The number of rotatable bonds is 10. The first-order valence-corrected chi connectivity index (χ1v) is 8.04. The van der Waals surface area contributed by atoms with Crippen molar-refractivity contribution in [1.29, 1.82) is 0 Å². The van der Waals surface area contributed by atoms with Gasteiger partial charge in [0.1, 0.15) is 0 Å². The van der Waals surface area contributed by atoms with E-state index >= 15 is 0 Å². The third-order valence-corrected chi connectivity index (χ3v) is 4.38. The Balaban J connectivity index is 2.43. The van der Waals surface area contributed by atoms with Gasteiger partial charge in [-0.15, -0.1) is 0 Å². The number of nitrogens with one attached hydrogen (secondary N) is 1. The highest BCUT2D eigenvalue weighted by Gasteiger charge is 2.36. The smallest absolute Gasteiger partial charge is 0.0535 e. The summed E-state index contributed by atoms with van der Waals surface area (Å²) >= 11 is 0. The molecule has 0 aromatic rings. The first-order chi connectivity index (χ1) is 8.76. The molecular formula is C16H33NO. The van der Waals surface area contributed by atoms with Crippen LogP contribution in [0.4, 0.5) is 0 Å². The van der Waals surface area contributed by atoms with Crippen LogP contribution in [0, 0.1) is 11.3 Å². The quantitative estimate of drug-likeness (QED) is 0.596. The van der Waals surface area contributed by atoms with Crippen LogP contribution < -0.4 is 5.32 Å². The summed E-state index contributed by atoms with van der Waals surface area (Å²) in [5, 5.41) is 3.62. The highest BCUT2D eigenvalue weighted by atomic mass is 16.5. The van der Waals surface area contributed by atoms with Crippen molar-refractivity contribution >= 4 is 0 Å². The van der Waals surface area contributed by atoms with Crippen molar-refractivity contribution in [2.45, 2.75) is 65.7 Å². The molecule has 18 heavy (non-hydrogen) atoms.